The Labute approximate surface area is 182 Å². The van der Waals surface area contributed by atoms with E-state index in [9.17, 15) is 15.0 Å². The number of carbonyl (C=O) groups is 1. The van der Waals surface area contributed by atoms with Gasteiger partial charge in [-0.1, -0.05) is 85.3 Å². The van der Waals surface area contributed by atoms with Crippen LogP contribution in [0.4, 0.5) is 0 Å². The van der Waals surface area contributed by atoms with Gasteiger partial charge in [0.15, 0.2) is 0 Å². The molecule has 0 aromatic carbocycles. The molecule has 1 aliphatic carbocycles. The van der Waals surface area contributed by atoms with Crippen LogP contribution in [0.25, 0.3) is 0 Å². The molecule has 2 atom stereocenters. The topological polar surface area (TPSA) is 57.5 Å². The minimum atomic E-state index is -1.26. The van der Waals surface area contributed by atoms with Gasteiger partial charge in [-0.3, -0.25) is 4.79 Å². The average Bonchev–Trinajstić information content (AvgIpc) is 2.66. The number of hydrogen-bond acceptors (Lipinski definition) is 3. The van der Waals surface area contributed by atoms with Crippen LogP contribution in [-0.2, 0) is 4.79 Å². The predicted molar refractivity (Wildman–Crippen MR) is 127 cm³/mol. The van der Waals surface area contributed by atoms with E-state index < -0.39 is 11.2 Å². The van der Waals surface area contributed by atoms with Gasteiger partial charge in [0, 0.05) is 0 Å². The fourth-order valence-corrected chi connectivity index (χ4v) is 3.77. The second kappa shape index (κ2) is 11.2. The minimum absolute atomic E-state index is 0.386. The van der Waals surface area contributed by atoms with E-state index in [1.54, 1.807) is 19.1 Å². The summed E-state index contributed by atoms with van der Waals surface area (Å²) in [5.41, 5.74) is 0.326. The zero-order chi connectivity index (χ0) is 22.8. The molecule has 2 N–H and O–H groups in total. The lowest BCUT2D eigenvalue weighted by Crippen LogP contribution is -2.62. The van der Waals surface area contributed by atoms with Gasteiger partial charge in [0.2, 0.25) is 0 Å². The second-order valence-electron chi connectivity index (χ2n) is 9.08. The molecule has 0 amide bonds. The van der Waals surface area contributed by atoms with Gasteiger partial charge in [0.05, 0.1) is 5.60 Å². The van der Waals surface area contributed by atoms with Crippen molar-refractivity contribution in [2.24, 2.45) is 5.41 Å². The largest absolute Gasteiger partial charge is 0.387 e. The van der Waals surface area contributed by atoms with E-state index in [2.05, 4.69) is 0 Å². The molecular weight excluding hydrogens is 372 g/mol. The van der Waals surface area contributed by atoms with E-state index in [0.29, 0.717) is 6.42 Å². The smallest absolute Gasteiger partial charge is 0.142 e. The number of aliphatic hydroxyl groups is 2. The van der Waals surface area contributed by atoms with Crippen LogP contribution in [0, 0.1) is 5.41 Å². The van der Waals surface area contributed by atoms with Gasteiger partial charge < -0.3 is 10.2 Å². The first-order chi connectivity index (χ1) is 13.9. The lowest BCUT2D eigenvalue weighted by molar-refractivity contribution is -0.194. The molecule has 1 fully saturated rings. The highest BCUT2D eigenvalue weighted by molar-refractivity contribution is 5.65. The Morgan fingerprint density at radius 2 is 1.23 bits per heavy atom. The summed E-state index contributed by atoms with van der Waals surface area (Å²) in [6.45, 7) is 11.7. The molecular formula is C27H38O3. The normalized spacial score (nSPS) is 29.0. The van der Waals surface area contributed by atoms with Gasteiger partial charge in [-0.2, -0.15) is 0 Å². The third kappa shape index (κ3) is 7.23. The van der Waals surface area contributed by atoms with Crippen molar-refractivity contribution in [2.45, 2.75) is 72.0 Å². The van der Waals surface area contributed by atoms with Crippen LogP contribution in [0.5, 0.6) is 0 Å². The predicted octanol–water partition coefficient (Wildman–Crippen LogP) is 5.94. The van der Waals surface area contributed by atoms with Gasteiger partial charge in [-0.25, -0.2) is 0 Å². The van der Waals surface area contributed by atoms with E-state index in [0.717, 1.165) is 35.8 Å². The van der Waals surface area contributed by atoms with Crippen molar-refractivity contribution in [3.63, 3.8) is 0 Å². The summed E-state index contributed by atoms with van der Waals surface area (Å²) in [4.78, 5) is 10.3. The van der Waals surface area contributed by atoms with E-state index in [4.69, 9.17) is 0 Å². The van der Waals surface area contributed by atoms with E-state index in [1.165, 1.54) is 6.08 Å². The van der Waals surface area contributed by atoms with Crippen molar-refractivity contribution >= 4 is 6.29 Å². The molecule has 1 rings (SSSR count). The summed E-state index contributed by atoms with van der Waals surface area (Å²) >= 11 is 0. The van der Waals surface area contributed by atoms with E-state index in [1.807, 2.05) is 83.2 Å². The molecule has 0 aromatic rings. The summed E-state index contributed by atoms with van der Waals surface area (Å²) in [6, 6.07) is 0. The number of rotatable bonds is 8. The highest BCUT2D eigenvalue weighted by Gasteiger charge is 2.56. The molecule has 0 aromatic heterocycles. The zero-order valence-electron chi connectivity index (χ0n) is 19.4. The highest BCUT2D eigenvalue weighted by atomic mass is 16.4. The third-order valence-electron chi connectivity index (χ3n) is 5.89. The van der Waals surface area contributed by atoms with Crippen LogP contribution >= 0.6 is 0 Å². The van der Waals surface area contributed by atoms with Crippen LogP contribution in [0.15, 0.2) is 83.6 Å². The lowest BCUT2D eigenvalue weighted by atomic mass is 9.58. The summed E-state index contributed by atoms with van der Waals surface area (Å²) in [5, 5.41) is 22.1. The van der Waals surface area contributed by atoms with Crippen molar-refractivity contribution < 1.29 is 15.0 Å². The lowest BCUT2D eigenvalue weighted by Gasteiger charge is -2.53. The Morgan fingerprint density at radius 1 is 0.733 bits per heavy atom. The molecule has 0 saturated heterocycles. The maximum Gasteiger partial charge on any atom is 0.142 e. The summed E-state index contributed by atoms with van der Waals surface area (Å²) in [6.07, 6.45) is 23.9. The fourth-order valence-electron chi connectivity index (χ4n) is 3.77. The van der Waals surface area contributed by atoms with Crippen molar-refractivity contribution in [3.8, 4) is 0 Å². The number of allylic oxidation sites excluding steroid dienone is 13. The van der Waals surface area contributed by atoms with Crippen LogP contribution in [0.3, 0.4) is 0 Å². The molecule has 0 aliphatic heterocycles. The average molecular weight is 411 g/mol. The Morgan fingerprint density at radius 3 is 1.77 bits per heavy atom. The first kappa shape index (κ1) is 25.8. The molecule has 1 saturated carbocycles. The molecule has 2 unspecified atom stereocenters. The first-order valence-corrected chi connectivity index (χ1v) is 10.6. The fraction of sp³-hybridized carbons (Fsp3) is 0.444. The third-order valence-corrected chi connectivity index (χ3v) is 5.89. The Bertz CT molecular complexity index is 780. The van der Waals surface area contributed by atoms with E-state index in [-0.39, 0.29) is 5.41 Å². The Hall–Kier alpha value is -2.23. The van der Waals surface area contributed by atoms with Gasteiger partial charge in [0.1, 0.15) is 11.9 Å². The van der Waals surface area contributed by atoms with Crippen LogP contribution in [0.2, 0.25) is 0 Å². The summed E-state index contributed by atoms with van der Waals surface area (Å²) in [5.74, 6) is 0. The molecule has 3 nitrogen and oxygen atoms in total. The van der Waals surface area contributed by atoms with Crippen LogP contribution in [-0.4, -0.2) is 27.7 Å². The second-order valence-corrected chi connectivity index (χ2v) is 9.08. The maximum absolute atomic E-state index is 11.3. The monoisotopic (exact) mass is 410 g/mol. The van der Waals surface area contributed by atoms with Gasteiger partial charge in [0.25, 0.3) is 0 Å². The molecule has 30 heavy (non-hydrogen) atoms. The molecule has 1 aliphatic rings. The number of hydrogen-bond donors (Lipinski definition) is 2. The first-order valence-electron chi connectivity index (χ1n) is 10.6. The van der Waals surface area contributed by atoms with Gasteiger partial charge in [-0.15, -0.1) is 0 Å². The molecule has 164 valence electrons. The van der Waals surface area contributed by atoms with Gasteiger partial charge in [-0.05, 0) is 64.5 Å². The zero-order valence-corrected chi connectivity index (χ0v) is 19.4. The maximum atomic E-state index is 11.3. The van der Waals surface area contributed by atoms with Gasteiger partial charge >= 0.3 is 0 Å². The standard InChI is InChI=1S/C27H38O3/c1-22(12-7-8-13-23(2)16-10-21-28)14-9-15-24(3)17-20-27(30)25(4,5)18-11-19-26(27,6)29/h7-10,12-17,20-21,29-30H,11,18-19H2,1-6H3/b8-7+,14-9+,16-10+,20-17+,22-12+,23-13+,24-15+. The molecule has 0 radical (unpaired) electrons. The summed E-state index contributed by atoms with van der Waals surface area (Å²) in [7, 11) is 0. The van der Waals surface area contributed by atoms with Crippen LogP contribution in [0.1, 0.15) is 60.8 Å². The Balaban J connectivity index is 2.79. The van der Waals surface area contributed by atoms with Crippen molar-refractivity contribution in [1.29, 1.82) is 0 Å². The molecule has 0 heterocycles. The van der Waals surface area contributed by atoms with Crippen LogP contribution < -0.4 is 0 Å². The van der Waals surface area contributed by atoms with Crippen molar-refractivity contribution in [1.82, 2.24) is 0 Å². The quantitative estimate of drug-likeness (QED) is 0.296. The Kier molecular flexibility index (Phi) is 9.67. The number of carbonyl (C=O) groups excluding carboxylic acids is 1. The molecule has 0 bridgehead atoms. The number of aldehydes is 1. The SMILES string of the molecule is CC(/C=C/C=O)=C\C=C\C=C(C)\C=C\C=C(C)\C=C\C1(O)C(C)(C)CCCC1(C)O. The van der Waals surface area contributed by atoms with E-state index >= 15 is 0 Å². The highest BCUT2D eigenvalue weighted by Crippen LogP contribution is 2.50. The van der Waals surface area contributed by atoms with Crippen molar-refractivity contribution in [3.05, 3.63) is 83.6 Å². The molecule has 3 heteroatoms. The minimum Gasteiger partial charge on any atom is -0.387 e. The summed E-state index contributed by atoms with van der Waals surface area (Å²) < 4.78 is 0. The van der Waals surface area contributed by atoms with Crippen molar-refractivity contribution in [2.75, 3.05) is 0 Å². The molecule has 0 spiro atoms.